The summed E-state index contributed by atoms with van der Waals surface area (Å²) in [6.07, 6.45) is 3.03. The van der Waals surface area contributed by atoms with Gasteiger partial charge in [-0.15, -0.1) is 0 Å². The molecule has 0 unspecified atom stereocenters. The van der Waals surface area contributed by atoms with Gasteiger partial charge in [0.1, 0.15) is 0 Å². The smallest absolute Gasteiger partial charge is 0.255 e. The second kappa shape index (κ2) is 8.03. The Balaban J connectivity index is 1.66. The Morgan fingerprint density at radius 1 is 1.11 bits per heavy atom. The molecular formula is C21H30N4O2. The Labute approximate surface area is 161 Å². The van der Waals surface area contributed by atoms with Crippen molar-refractivity contribution in [3.63, 3.8) is 0 Å². The number of carbonyl (C=O) groups excluding carboxylic acids is 2. The van der Waals surface area contributed by atoms with E-state index in [2.05, 4.69) is 23.4 Å². The molecule has 2 amide bonds. The van der Waals surface area contributed by atoms with Crippen LogP contribution in [0.4, 0.5) is 0 Å². The predicted octanol–water partition coefficient (Wildman–Crippen LogP) is 2.93. The number of hydrogen-bond acceptors (Lipinski definition) is 2. The van der Waals surface area contributed by atoms with Crippen LogP contribution in [0, 0.1) is 13.8 Å². The molecule has 1 aliphatic rings. The molecule has 0 atom stereocenters. The SMILES string of the molecule is Cc1cc(C(=O)N2CCCN(C(=O)Cc3ccc[nH]3)CC2)c(C)n1C(C)C. The molecule has 0 spiro atoms. The van der Waals surface area contributed by atoms with Gasteiger partial charge in [0.05, 0.1) is 12.0 Å². The minimum absolute atomic E-state index is 0.0775. The van der Waals surface area contributed by atoms with Crippen molar-refractivity contribution in [1.29, 1.82) is 0 Å². The molecule has 3 heterocycles. The molecule has 0 saturated carbocycles. The molecule has 6 nitrogen and oxygen atoms in total. The van der Waals surface area contributed by atoms with Gasteiger partial charge in [0, 0.05) is 55.5 Å². The molecular weight excluding hydrogens is 340 g/mol. The van der Waals surface area contributed by atoms with Crippen molar-refractivity contribution in [3.8, 4) is 0 Å². The van der Waals surface area contributed by atoms with E-state index in [-0.39, 0.29) is 11.8 Å². The summed E-state index contributed by atoms with van der Waals surface area (Å²) < 4.78 is 2.21. The minimum Gasteiger partial charge on any atom is -0.365 e. The normalized spacial score (nSPS) is 15.3. The zero-order valence-corrected chi connectivity index (χ0v) is 16.8. The first-order valence-corrected chi connectivity index (χ1v) is 9.76. The number of aromatic nitrogens is 2. The Bertz CT molecular complexity index is 805. The molecule has 0 aromatic carbocycles. The lowest BCUT2D eigenvalue weighted by molar-refractivity contribution is -0.130. The van der Waals surface area contributed by atoms with E-state index in [1.807, 2.05) is 48.0 Å². The molecule has 1 fully saturated rings. The fourth-order valence-electron chi connectivity index (χ4n) is 4.08. The van der Waals surface area contributed by atoms with Crippen LogP contribution in [0.3, 0.4) is 0 Å². The average molecular weight is 370 g/mol. The first-order chi connectivity index (χ1) is 12.9. The van der Waals surface area contributed by atoms with Crippen molar-refractivity contribution in [2.24, 2.45) is 0 Å². The Kier molecular flexibility index (Phi) is 5.73. The molecule has 0 bridgehead atoms. The molecule has 0 aliphatic carbocycles. The minimum atomic E-state index is 0.0775. The van der Waals surface area contributed by atoms with Gasteiger partial charge < -0.3 is 19.4 Å². The van der Waals surface area contributed by atoms with Gasteiger partial charge in [-0.3, -0.25) is 9.59 Å². The van der Waals surface area contributed by atoms with Crippen molar-refractivity contribution in [1.82, 2.24) is 19.4 Å². The van der Waals surface area contributed by atoms with E-state index >= 15 is 0 Å². The van der Waals surface area contributed by atoms with Gasteiger partial charge in [-0.1, -0.05) is 0 Å². The van der Waals surface area contributed by atoms with E-state index in [1.54, 1.807) is 0 Å². The summed E-state index contributed by atoms with van der Waals surface area (Å²) in [6.45, 7) is 10.9. The van der Waals surface area contributed by atoms with Gasteiger partial charge in [-0.25, -0.2) is 0 Å². The summed E-state index contributed by atoms with van der Waals surface area (Å²) >= 11 is 0. The average Bonchev–Trinajstić information content (AvgIpc) is 3.13. The molecule has 27 heavy (non-hydrogen) atoms. The highest BCUT2D eigenvalue weighted by atomic mass is 16.2. The number of carbonyl (C=O) groups is 2. The summed E-state index contributed by atoms with van der Waals surface area (Å²) in [4.78, 5) is 32.5. The number of rotatable bonds is 4. The molecule has 1 saturated heterocycles. The van der Waals surface area contributed by atoms with Crippen LogP contribution in [-0.2, 0) is 11.2 Å². The van der Waals surface area contributed by atoms with E-state index in [9.17, 15) is 9.59 Å². The Morgan fingerprint density at radius 2 is 1.81 bits per heavy atom. The van der Waals surface area contributed by atoms with Crippen molar-refractivity contribution in [2.45, 2.75) is 46.6 Å². The fourth-order valence-corrected chi connectivity index (χ4v) is 4.08. The van der Waals surface area contributed by atoms with Crippen molar-refractivity contribution >= 4 is 11.8 Å². The van der Waals surface area contributed by atoms with Crippen molar-refractivity contribution in [2.75, 3.05) is 26.2 Å². The monoisotopic (exact) mass is 370 g/mol. The maximum Gasteiger partial charge on any atom is 0.255 e. The van der Waals surface area contributed by atoms with E-state index in [0.717, 1.165) is 29.1 Å². The van der Waals surface area contributed by atoms with Crippen LogP contribution in [0.2, 0.25) is 0 Å². The lowest BCUT2D eigenvalue weighted by Crippen LogP contribution is -2.38. The largest absolute Gasteiger partial charge is 0.365 e. The number of nitrogens with one attached hydrogen (secondary N) is 1. The topological polar surface area (TPSA) is 61.3 Å². The second-order valence-electron chi connectivity index (χ2n) is 7.65. The fraction of sp³-hybridized carbons (Fsp3) is 0.524. The van der Waals surface area contributed by atoms with E-state index in [0.29, 0.717) is 38.6 Å². The van der Waals surface area contributed by atoms with E-state index in [4.69, 9.17) is 0 Å². The maximum absolute atomic E-state index is 13.1. The van der Waals surface area contributed by atoms with Gasteiger partial charge in [0.25, 0.3) is 5.91 Å². The third-order valence-corrected chi connectivity index (χ3v) is 5.37. The van der Waals surface area contributed by atoms with Crippen molar-refractivity contribution in [3.05, 3.63) is 47.0 Å². The molecule has 2 aromatic rings. The summed E-state index contributed by atoms with van der Waals surface area (Å²) in [5.41, 5.74) is 3.85. The third kappa shape index (κ3) is 4.10. The Hall–Kier alpha value is -2.50. The molecule has 1 N–H and O–H groups in total. The molecule has 6 heteroatoms. The van der Waals surface area contributed by atoms with Crippen LogP contribution in [-0.4, -0.2) is 57.3 Å². The zero-order valence-electron chi connectivity index (χ0n) is 16.8. The van der Waals surface area contributed by atoms with Gasteiger partial charge in [0.15, 0.2) is 0 Å². The number of amides is 2. The summed E-state index contributed by atoms with van der Waals surface area (Å²) in [5.74, 6) is 0.193. The number of aromatic amines is 1. The van der Waals surface area contributed by atoms with Gasteiger partial charge >= 0.3 is 0 Å². The number of nitrogens with zero attached hydrogens (tertiary/aromatic N) is 3. The van der Waals surface area contributed by atoms with Crippen molar-refractivity contribution < 1.29 is 9.59 Å². The molecule has 2 aromatic heterocycles. The Morgan fingerprint density at radius 3 is 2.44 bits per heavy atom. The van der Waals surface area contributed by atoms with E-state index < -0.39 is 0 Å². The number of H-pyrrole nitrogens is 1. The predicted molar refractivity (Wildman–Crippen MR) is 106 cm³/mol. The molecule has 1 aliphatic heterocycles. The molecule has 3 rings (SSSR count). The first kappa shape index (κ1) is 19.3. The zero-order chi connectivity index (χ0) is 19.6. The van der Waals surface area contributed by atoms with Crippen LogP contribution < -0.4 is 0 Å². The number of aryl methyl sites for hydroxylation is 1. The quantitative estimate of drug-likeness (QED) is 0.899. The molecule has 0 radical (unpaired) electrons. The standard InChI is InChI=1S/C21H30N4O2/c1-15(2)25-16(3)13-19(17(25)4)21(27)24-10-6-9-23(11-12-24)20(26)14-18-7-5-8-22-18/h5,7-8,13,15,22H,6,9-12,14H2,1-4H3. The van der Waals surface area contributed by atoms with E-state index in [1.165, 1.54) is 0 Å². The van der Waals surface area contributed by atoms with Gasteiger partial charge in [-0.2, -0.15) is 0 Å². The van der Waals surface area contributed by atoms with Crippen LogP contribution in [0.1, 0.15) is 53.7 Å². The summed E-state index contributed by atoms with van der Waals surface area (Å²) in [6, 6.07) is 6.16. The summed E-state index contributed by atoms with van der Waals surface area (Å²) in [7, 11) is 0. The maximum atomic E-state index is 13.1. The molecule has 146 valence electrons. The second-order valence-corrected chi connectivity index (χ2v) is 7.65. The van der Waals surface area contributed by atoms with Crippen LogP contribution >= 0.6 is 0 Å². The third-order valence-electron chi connectivity index (χ3n) is 5.37. The van der Waals surface area contributed by atoms with Crippen LogP contribution in [0.15, 0.2) is 24.4 Å². The van der Waals surface area contributed by atoms with Gasteiger partial charge in [-0.05, 0) is 52.3 Å². The van der Waals surface area contributed by atoms with Gasteiger partial charge in [0.2, 0.25) is 5.91 Å². The highest BCUT2D eigenvalue weighted by Crippen LogP contribution is 2.22. The highest BCUT2D eigenvalue weighted by Gasteiger charge is 2.25. The lowest BCUT2D eigenvalue weighted by atomic mass is 10.2. The van der Waals surface area contributed by atoms with Crippen LogP contribution in [0.5, 0.6) is 0 Å². The van der Waals surface area contributed by atoms with Crippen LogP contribution in [0.25, 0.3) is 0 Å². The summed E-state index contributed by atoms with van der Waals surface area (Å²) in [5, 5.41) is 0. The number of hydrogen-bond donors (Lipinski definition) is 1. The lowest BCUT2D eigenvalue weighted by Gasteiger charge is -2.22. The first-order valence-electron chi connectivity index (χ1n) is 9.76. The highest BCUT2D eigenvalue weighted by molar-refractivity contribution is 5.95.